The summed E-state index contributed by atoms with van der Waals surface area (Å²) < 4.78 is 5.38. The molecular formula is C10H5ClO3S. The van der Waals surface area contributed by atoms with Crippen molar-refractivity contribution >= 4 is 40.8 Å². The van der Waals surface area contributed by atoms with E-state index in [4.69, 9.17) is 33.3 Å². The van der Waals surface area contributed by atoms with Gasteiger partial charge in [-0.25, -0.2) is 4.79 Å². The van der Waals surface area contributed by atoms with E-state index in [1.54, 1.807) is 18.2 Å². The number of carboxylic acid groups (broad SMARTS) is 1. The van der Waals surface area contributed by atoms with Crippen LogP contribution in [-0.4, -0.2) is 11.1 Å². The van der Waals surface area contributed by atoms with E-state index in [0.717, 1.165) is 6.26 Å². The van der Waals surface area contributed by atoms with Crippen molar-refractivity contribution in [3.05, 3.63) is 39.6 Å². The van der Waals surface area contributed by atoms with Crippen LogP contribution in [-0.2, 0) is 0 Å². The Kier molecular flexibility index (Phi) is 2.46. The largest absolute Gasteiger partial charge is 0.478 e. The molecule has 0 unspecified atom stereocenters. The molecule has 1 N–H and O–H groups in total. The van der Waals surface area contributed by atoms with Gasteiger partial charge in [-0.2, -0.15) is 0 Å². The third-order valence-electron chi connectivity index (χ3n) is 1.97. The van der Waals surface area contributed by atoms with Crippen molar-refractivity contribution in [2.24, 2.45) is 0 Å². The molecule has 0 aliphatic carbocycles. The Morgan fingerprint density at radius 3 is 2.87 bits per heavy atom. The minimum atomic E-state index is -1.11. The number of hydrogen-bond acceptors (Lipinski definition) is 3. The zero-order valence-corrected chi connectivity index (χ0v) is 8.93. The van der Waals surface area contributed by atoms with Crippen LogP contribution in [0.1, 0.15) is 10.4 Å². The molecule has 0 spiro atoms. The summed E-state index contributed by atoms with van der Waals surface area (Å²) in [5, 5.41) is 9.87. The van der Waals surface area contributed by atoms with Gasteiger partial charge >= 0.3 is 5.97 Å². The molecule has 15 heavy (non-hydrogen) atoms. The van der Waals surface area contributed by atoms with Crippen LogP contribution >= 0.6 is 23.8 Å². The first-order chi connectivity index (χ1) is 7.09. The fourth-order valence-electron chi connectivity index (χ4n) is 1.25. The fourth-order valence-corrected chi connectivity index (χ4v) is 1.72. The van der Waals surface area contributed by atoms with Crippen LogP contribution < -0.4 is 0 Å². The lowest BCUT2D eigenvalue weighted by molar-refractivity contribution is 0.0694. The Balaban J connectivity index is 2.89. The number of halogens is 1. The van der Waals surface area contributed by atoms with E-state index in [0.29, 0.717) is 16.0 Å². The second kappa shape index (κ2) is 3.64. The van der Waals surface area contributed by atoms with Crippen molar-refractivity contribution in [2.75, 3.05) is 0 Å². The maximum Gasteiger partial charge on any atom is 0.340 e. The Labute approximate surface area is 94.9 Å². The van der Waals surface area contributed by atoms with E-state index < -0.39 is 5.97 Å². The summed E-state index contributed by atoms with van der Waals surface area (Å²) in [7, 11) is 0. The first kappa shape index (κ1) is 10.1. The van der Waals surface area contributed by atoms with Gasteiger partial charge in [0.15, 0.2) is 0 Å². The fraction of sp³-hybridized carbons (Fsp3) is 0. The average Bonchev–Trinajstić information content (AvgIpc) is 2.19. The number of rotatable bonds is 1. The highest BCUT2D eigenvalue weighted by atomic mass is 35.5. The standard InChI is InChI=1S/C10H5ClO3S/c11-5-1-2-8-6(3-5)9(15)7(4-14-8)10(12)13/h1-4H,(H,12,13). The topological polar surface area (TPSA) is 50.4 Å². The van der Waals surface area contributed by atoms with Crippen LogP contribution in [0.3, 0.4) is 0 Å². The third kappa shape index (κ3) is 1.73. The van der Waals surface area contributed by atoms with Gasteiger partial charge in [0.05, 0.1) is 4.51 Å². The van der Waals surface area contributed by atoms with Gasteiger partial charge in [0.1, 0.15) is 17.4 Å². The number of benzene rings is 1. The zero-order valence-electron chi connectivity index (χ0n) is 7.36. The predicted molar refractivity (Wildman–Crippen MR) is 59.0 cm³/mol. The molecule has 0 atom stereocenters. The lowest BCUT2D eigenvalue weighted by atomic mass is 10.2. The summed E-state index contributed by atoms with van der Waals surface area (Å²) >= 11 is 10.8. The molecule has 2 aromatic rings. The van der Waals surface area contributed by atoms with Crippen LogP contribution in [0, 0.1) is 4.51 Å². The number of aromatic carboxylic acids is 1. The monoisotopic (exact) mass is 240 g/mol. The molecule has 0 radical (unpaired) electrons. The molecule has 0 saturated carbocycles. The third-order valence-corrected chi connectivity index (χ3v) is 2.64. The molecule has 0 aliphatic rings. The van der Waals surface area contributed by atoms with Crippen LogP contribution in [0.2, 0.25) is 5.02 Å². The van der Waals surface area contributed by atoms with Crippen molar-refractivity contribution < 1.29 is 14.3 Å². The number of hydrogen-bond donors (Lipinski definition) is 1. The highest BCUT2D eigenvalue weighted by Gasteiger charge is 2.09. The minimum Gasteiger partial charge on any atom is -0.478 e. The Morgan fingerprint density at radius 2 is 2.20 bits per heavy atom. The lowest BCUT2D eigenvalue weighted by Crippen LogP contribution is -1.97. The lowest BCUT2D eigenvalue weighted by Gasteiger charge is -2.00. The Morgan fingerprint density at radius 1 is 1.47 bits per heavy atom. The molecule has 0 fully saturated rings. The number of fused-ring (bicyclic) bond motifs is 1. The highest BCUT2D eigenvalue weighted by molar-refractivity contribution is 7.71. The highest BCUT2D eigenvalue weighted by Crippen LogP contribution is 2.22. The van der Waals surface area contributed by atoms with Crippen LogP contribution in [0.4, 0.5) is 0 Å². The number of carbonyl (C=O) groups is 1. The quantitative estimate of drug-likeness (QED) is 0.775. The van der Waals surface area contributed by atoms with E-state index in [1.165, 1.54) is 0 Å². The number of carboxylic acids is 1. The Hall–Kier alpha value is -1.39. The van der Waals surface area contributed by atoms with Gasteiger partial charge < -0.3 is 9.52 Å². The SMILES string of the molecule is O=C(O)c1coc2ccc(Cl)cc2c1=S. The summed E-state index contributed by atoms with van der Waals surface area (Å²) in [5.74, 6) is -1.11. The molecule has 76 valence electrons. The second-order valence-electron chi connectivity index (χ2n) is 2.92. The molecule has 5 heteroatoms. The summed E-state index contributed by atoms with van der Waals surface area (Å²) in [5.41, 5.74) is 0.495. The zero-order chi connectivity index (χ0) is 11.0. The van der Waals surface area contributed by atoms with E-state index in [9.17, 15) is 4.79 Å². The molecule has 0 amide bonds. The van der Waals surface area contributed by atoms with E-state index in [-0.39, 0.29) is 10.1 Å². The van der Waals surface area contributed by atoms with Gasteiger partial charge in [0.2, 0.25) is 0 Å². The van der Waals surface area contributed by atoms with E-state index in [2.05, 4.69) is 0 Å². The maximum atomic E-state index is 10.8. The molecule has 3 nitrogen and oxygen atoms in total. The van der Waals surface area contributed by atoms with Gasteiger partial charge in [-0.15, -0.1) is 0 Å². The Bertz CT molecular complexity index is 603. The van der Waals surface area contributed by atoms with Gasteiger partial charge in [0, 0.05) is 10.4 Å². The van der Waals surface area contributed by atoms with Crippen molar-refractivity contribution in [3.63, 3.8) is 0 Å². The van der Waals surface area contributed by atoms with Gasteiger partial charge in [0.25, 0.3) is 0 Å². The summed E-state index contributed by atoms with van der Waals surface area (Å²) in [4.78, 5) is 10.8. The molecule has 1 aromatic carbocycles. The summed E-state index contributed by atoms with van der Waals surface area (Å²) in [6.07, 6.45) is 1.14. The van der Waals surface area contributed by atoms with E-state index in [1.807, 2.05) is 0 Å². The molecule has 1 heterocycles. The van der Waals surface area contributed by atoms with Crippen molar-refractivity contribution in [2.45, 2.75) is 0 Å². The van der Waals surface area contributed by atoms with E-state index >= 15 is 0 Å². The molecular weight excluding hydrogens is 236 g/mol. The van der Waals surface area contributed by atoms with Crippen molar-refractivity contribution in [1.82, 2.24) is 0 Å². The first-order valence-electron chi connectivity index (χ1n) is 4.04. The predicted octanol–water partition coefficient (Wildman–Crippen LogP) is 3.51. The maximum absolute atomic E-state index is 10.8. The summed E-state index contributed by atoms with van der Waals surface area (Å²) in [6, 6.07) is 4.90. The van der Waals surface area contributed by atoms with Crippen LogP contribution in [0.25, 0.3) is 11.0 Å². The van der Waals surface area contributed by atoms with Gasteiger partial charge in [-0.05, 0) is 18.2 Å². The average molecular weight is 241 g/mol. The smallest absolute Gasteiger partial charge is 0.340 e. The molecule has 1 aromatic heterocycles. The first-order valence-corrected chi connectivity index (χ1v) is 4.82. The molecule has 0 aliphatic heterocycles. The molecule has 0 saturated heterocycles. The van der Waals surface area contributed by atoms with Gasteiger partial charge in [-0.3, -0.25) is 0 Å². The minimum absolute atomic E-state index is 0.0280. The normalized spacial score (nSPS) is 10.5. The van der Waals surface area contributed by atoms with Crippen LogP contribution in [0.15, 0.2) is 28.9 Å². The molecule has 0 bridgehead atoms. The summed E-state index contributed by atoms with van der Waals surface area (Å²) in [6.45, 7) is 0. The second-order valence-corrected chi connectivity index (χ2v) is 3.77. The van der Waals surface area contributed by atoms with Gasteiger partial charge in [-0.1, -0.05) is 23.8 Å². The van der Waals surface area contributed by atoms with Crippen molar-refractivity contribution in [3.8, 4) is 0 Å². The van der Waals surface area contributed by atoms with Crippen molar-refractivity contribution in [1.29, 1.82) is 0 Å². The van der Waals surface area contributed by atoms with Crippen LogP contribution in [0.5, 0.6) is 0 Å². The molecule has 2 rings (SSSR count).